The standard InChI is InChI=1S/C17H9Cl2NO4/c18-10-2-3-12(19)11(7-10)16-20-13(17(21)24-16)5-9-1-4-14-15(6-9)23-8-22-14/h1-7H,8H2/b13-5-. The molecule has 0 amide bonds. The number of ether oxygens (including phenoxy) is 3. The van der Waals surface area contributed by atoms with E-state index in [0.717, 1.165) is 5.56 Å². The van der Waals surface area contributed by atoms with Crippen molar-refractivity contribution in [1.82, 2.24) is 0 Å². The van der Waals surface area contributed by atoms with Gasteiger partial charge in [-0.05, 0) is 42.0 Å². The van der Waals surface area contributed by atoms with Crippen molar-refractivity contribution in [3.63, 3.8) is 0 Å². The second-order valence-corrected chi connectivity index (χ2v) is 5.92. The molecule has 2 aliphatic heterocycles. The molecule has 0 aromatic heterocycles. The fraction of sp³-hybridized carbons (Fsp3) is 0.0588. The van der Waals surface area contributed by atoms with Crippen molar-refractivity contribution in [3.8, 4) is 11.5 Å². The van der Waals surface area contributed by atoms with Crippen molar-refractivity contribution in [2.45, 2.75) is 0 Å². The molecule has 0 fully saturated rings. The predicted octanol–water partition coefficient (Wildman–Crippen LogP) is 4.07. The minimum atomic E-state index is -0.557. The zero-order valence-electron chi connectivity index (χ0n) is 12.1. The number of rotatable bonds is 2. The number of nitrogens with zero attached hydrogens (tertiary/aromatic N) is 1. The summed E-state index contributed by atoms with van der Waals surface area (Å²) in [5.41, 5.74) is 1.37. The Morgan fingerprint density at radius 1 is 1.04 bits per heavy atom. The predicted molar refractivity (Wildman–Crippen MR) is 89.6 cm³/mol. The van der Waals surface area contributed by atoms with Crippen molar-refractivity contribution in [2.75, 3.05) is 6.79 Å². The van der Waals surface area contributed by atoms with Crippen LogP contribution in [0.4, 0.5) is 0 Å². The Morgan fingerprint density at radius 3 is 2.75 bits per heavy atom. The molecule has 0 N–H and O–H groups in total. The fourth-order valence-electron chi connectivity index (χ4n) is 2.35. The topological polar surface area (TPSA) is 57.1 Å². The molecular formula is C17H9Cl2NO4. The minimum Gasteiger partial charge on any atom is -0.454 e. The van der Waals surface area contributed by atoms with Gasteiger partial charge in [-0.15, -0.1) is 0 Å². The third-order valence-electron chi connectivity index (χ3n) is 3.48. The number of hydrogen-bond acceptors (Lipinski definition) is 5. The van der Waals surface area contributed by atoms with Gasteiger partial charge in [0.1, 0.15) is 0 Å². The maximum absolute atomic E-state index is 12.1. The van der Waals surface area contributed by atoms with Gasteiger partial charge in [0, 0.05) is 5.02 Å². The first kappa shape index (κ1) is 15.1. The van der Waals surface area contributed by atoms with E-state index >= 15 is 0 Å². The Morgan fingerprint density at radius 2 is 1.88 bits per heavy atom. The lowest BCUT2D eigenvalue weighted by Gasteiger charge is -2.02. The van der Waals surface area contributed by atoms with Gasteiger partial charge in [0.25, 0.3) is 0 Å². The molecule has 2 aromatic rings. The third-order valence-corrected chi connectivity index (χ3v) is 4.04. The van der Waals surface area contributed by atoms with Crippen molar-refractivity contribution in [2.24, 2.45) is 4.99 Å². The zero-order chi connectivity index (χ0) is 16.7. The molecule has 7 heteroatoms. The van der Waals surface area contributed by atoms with Crippen LogP contribution in [0.5, 0.6) is 11.5 Å². The van der Waals surface area contributed by atoms with E-state index in [1.807, 2.05) is 0 Å². The first-order valence-corrected chi connectivity index (χ1v) is 7.73. The Labute approximate surface area is 147 Å². The van der Waals surface area contributed by atoms with E-state index in [1.54, 1.807) is 42.5 Å². The molecule has 0 aliphatic carbocycles. The molecule has 2 aromatic carbocycles. The lowest BCUT2D eigenvalue weighted by Crippen LogP contribution is -2.06. The number of aliphatic imine (C=N–C) groups is 1. The van der Waals surface area contributed by atoms with Crippen LogP contribution in [0.1, 0.15) is 11.1 Å². The van der Waals surface area contributed by atoms with Crippen LogP contribution in [0.3, 0.4) is 0 Å². The highest BCUT2D eigenvalue weighted by atomic mass is 35.5. The molecule has 24 heavy (non-hydrogen) atoms. The molecule has 120 valence electrons. The molecule has 0 unspecified atom stereocenters. The van der Waals surface area contributed by atoms with E-state index in [-0.39, 0.29) is 18.4 Å². The summed E-state index contributed by atoms with van der Waals surface area (Å²) < 4.78 is 15.8. The summed E-state index contributed by atoms with van der Waals surface area (Å²) >= 11 is 12.1. The molecule has 2 aliphatic rings. The van der Waals surface area contributed by atoms with Gasteiger partial charge < -0.3 is 14.2 Å². The quantitative estimate of drug-likeness (QED) is 0.597. The zero-order valence-corrected chi connectivity index (χ0v) is 13.6. The van der Waals surface area contributed by atoms with E-state index in [2.05, 4.69) is 4.99 Å². The normalized spacial score (nSPS) is 17.2. The van der Waals surface area contributed by atoms with E-state index < -0.39 is 5.97 Å². The van der Waals surface area contributed by atoms with Gasteiger partial charge in [0.05, 0.1) is 10.6 Å². The van der Waals surface area contributed by atoms with Crippen LogP contribution in [0.15, 0.2) is 47.1 Å². The number of halogens is 2. The van der Waals surface area contributed by atoms with Crippen molar-refractivity contribution in [1.29, 1.82) is 0 Å². The van der Waals surface area contributed by atoms with Crippen LogP contribution in [0.2, 0.25) is 10.0 Å². The van der Waals surface area contributed by atoms with Crippen LogP contribution in [0, 0.1) is 0 Å². The number of esters is 1. The number of carbonyl (C=O) groups excluding carboxylic acids is 1. The second kappa shape index (κ2) is 5.85. The Balaban J connectivity index is 1.70. The van der Waals surface area contributed by atoms with Crippen molar-refractivity contribution >= 4 is 41.1 Å². The molecule has 5 nitrogen and oxygen atoms in total. The molecule has 0 bridgehead atoms. The lowest BCUT2D eigenvalue weighted by atomic mass is 10.1. The Bertz CT molecular complexity index is 921. The SMILES string of the molecule is O=C1OC(c2cc(Cl)ccc2Cl)=N/C1=C\c1ccc2c(c1)OCO2. The molecular weight excluding hydrogens is 353 g/mol. The second-order valence-electron chi connectivity index (χ2n) is 5.07. The Kier molecular flexibility index (Phi) is 3.67. The van der Waals surface area contributed by atoms with Gasteiger partial charge in [0.2, 0.25) is 12.7 Å². The maximum Gasteiger partial charge on any atom is 0.363 e. The molecule has 2 heterocycles. The highest BCUT2D eigenvalue weighted by Crippen LogP contribution is 2.33. The summed E-state index contributed by atoms with van der Waals surface area (Å²) in [7, 11) is 0. The summed E-state index contributed by atoms with van der Waals surface area (Å²) in [4.78, 5) is 16.3. The molecule has 0 spiro atoms. The number of hydrogen-bond donors (Lipinski definition) is 0. The van der Waals surface area contributed by atoms with E-state index in [0.29, 0.717) is 27.1 Å². The summed E-state index contributed by atoms with van der Waals surface area (Å²) in [6.45, 7) is 0.187. The number of benzene rings is 2. The fourth-order valence-corrected chi connectivity index (χ4v) is 2.72. The van der Waals surface area contributed by atoms with Crippen LogP contribution in [0.25, 0.3) is 6.08 Å². The molecule has 0 radical (unpaired) electrons. The van der Waals surface area contributed by atoms with E-state index in [9.17, 15) is 4.79 Å². The first-order chi connectivity index (χ1) is 11.6. The van der Waals surface area contributed by atoms with Crippen LogP contribution in [-0.4, -0.2) is 18.7 Å². The highest BCUT2D eigenvalue weighted by Gasteiger charge is 2.26. The molecule has 0 atom stereocenters. The third kappa shape index (κ3) is 2.72. The van der Waals surface area contributed by atoms with Crippen LogP contribution in [-0.2, 0) is 9.53 Å². The van der Waals surface area contributed by atoms with Gasteiger partial charge in [-0.1, -0.05) is 29.3 Å². The van der Waals surface area contributed by atoms with E-state index in [4.69, 9.17) is 37.4 Å². The minimum absolute atomic E-state index is 0.125. The van der Waals surface area contributed by atoms with Crippen LogP contribution < -0.4 is 9.47 Å². The number of cyclic esters (lactones) is 1. The largest absolute Gasteiger partial charge is 0.454 e. The highest BCUT2D eigenvalue weighted by molar-refractivity contribution is 6.36. The Hall–Kier alpha value is -2.50. The van der Waals surface area contributed by atoms with Gasteiger partial charge in [-0.2, -0.15) is 0 Å². The number of carbonyl (C=O) groups is 1. The maximum atomic E-state index is 12.1. The summed E-state index contributed by atoms with van der Waals surface area (Å²) in [6.07, 6.45) is 1.61. The molecule has 0 saturated carbocycles. The average molecular weight is 362 g/mol. The summed E-state index contributed by atoms with van der Waals surface area (Å²) in [5.74, 6) is 0.858. The van der Waals surface area contributed by atoms with Crippen molar-refractivity contribution in [3.05, 3.63) is 63.3 Å². The lowest BCUT2D eigenvalue weighted by molar-refractivity contribution is -0.129. The molecule has 4 rings (SSSR count). The first-order valence-electron chi connectivity index (χ1n) is 6.98. The summed E-state index contributed by atoms with van der Waals surface area (Å²) in [5, 5.41) is 0.872. The monoisotopic (exact) mass is 361 g/mol. The van der Waals surface area contributed by atoms with Crippen LogP contribution >= 0.6 is 23.2 Å². The summed E-state index contributed by atoms with van der Waals surface area (Å²) in [6, 6.07) is 10.2. The number of fused-ring (bicyclic) bond motifs is 1. The van der Waals surface area contributed by atoms with E-state index in [1.165, 1.54) is 0 Å². The molecule has 0 saturated heterocycles. The van der Waals surface area contributed by atoms with Gasteiger partial charge in [-0.3, -0.25) is 0 Å². The van der Waals surface area contributed by atoms with Gasteiger partial charge in [-0.25, -0.2) is 9.79 Å². The average Bonchev–Trinajstić information content (AvgIpc) is 3.16. The van der Waals surface area contributed by atoms with Gasteiger partial charge >= 0.3 is 5.97 Å². The van der Waals surface area contributed by atoms with Gasteiger partial charge in [0.15, 0.2) is 17.2 Å². The smallest absolute Gasteiger partial charge is 0.363 e. The van der Waals surface area contributed by atoms with Crippen molar-refractivity contribution < 1.29 is 19.0 Å².